The van der Waals surface area contributed by atoms with Crippen LogP contribution in [0.1, 0.15) is 27.7 Å². The highest BCUT2D eigenvalue weighted by molar-refractivity contribution is 9.11. The van der Waals surface area contributed by atoms with E-state index in [0.717, 1.165) is 10.2 Å². The van der Waals surface area contributed by atoms with Crippen LogP contribution in [-0.4, -0.2) is 5.78 Å². The predicted molar refractivity (Wildman–Crippen MR) is 76.3 cm³/mol. The largest absolute Gasteiger partial charge is 0.288 e. The average molecular weight is 330 g/mol. The summed E-state index contributed by atoms with van der Waals surface area (Å²) in [6, 6.07) is 9.40. The Labute approximate surface area is 118 Å². The van der Waals surface area contributed by atoms with Gasteiger partial charge in [-0.3, -0.25) is 4.79 Å². The molecule has 0 saturated carbocycles. The Balaban J connectivity index is 2.30. The topological polar surface area (TPSA) is 17.1 Å². The zero-order valence-electron chi connectivity index (χ0n) is 9.17. The van der Waals surface area contributed by atoms with Gasteiger partial charge in [-0.15, -0.1) is 11.3 Å². The molecule has 2 rings (SSSR count). The van der Waals surface area contributed by atoms with Crippen molar-refractivity contribution in [2.75, 3.05) is 0 Å². The van der Waals surface area contributed by atoms with Crippen LogP contribution in [0.3, 0.4) is 0 Å². The molecule has 0 aliphatic carbocycles. The van der Waals surface area contributed by atoms with Gasteiger partial charge >= 0.3 is 0 Å². The third kappa shape index (κ3) is 2.79. The van der Waals surface area contributed by atoms with Gasteiger partial charge in [0, 0.05) is 5.56 Å². The van der Waals surface area contributed by atoms with E-state index in [4.69, 9.17) is 11.6 Å². The number of carbonyl (C=O) groups is 1. The molecule has 1 nitrogen and oxygen atoms in total. The number of aryl methyl sites for hydroxylation is 1. The molecule has 0 bridgehead atoms. The first-order valence-electron chi connectivity index (χ1n) is 5.20. The molecule has 1 aromatic carbocycles. The Morgan fingerprint density at radius 3 is 2.47 bits per heavy atom. The molecule has 0 aliphatic heterocycles. The van der Waals surface area contributed by atoms with E-state index >= 15 is 0 Å². The van der Waals surface area contributed by atoms with Crippen LogP contribution in [0.25, 0.3) is 0 Å². The second-order valence-electron chi connectivity index (χ2n) is 3.61. The van der Waals surface area contributed by atoms with Gasteiger partial charge in [-0.2, -0.15) is 0 Å². The molecule has 0 spiro atoms. The number of halogens is 2. The van der Waals surface area contributed by atoms with Crippen LogP contribution in [0.5, 0.6) is 0 Å². The van der Waals surface area contributed by atoms with Crippen LogP contribution in [-0.2, 0) is 6.42 Å². The fourth-order valence-corrected chi connectivity index (χ4v) is 3.16. The molecule has 17 heavy (non-hydrogen) atoms. The summed E-state index contributed by atoms with van der Waals surface area (Å²) in [4.78, 5) is 12.8. The van der Waals surface area contributed by atoms with Gasteiger partial charge in [0.15, 0.2) is 0 Å². The summed E-state index contributed by atoms with van der Waals surface area (Å²) >= 11 is 10.6. The summed E-state index contributed by atoms with van der Waals surface area (Å²) in [5.41, 5.74) is 1.93. The van der Waals surface area contributed by atoms with Crippen molar-refractivity contribution in [2.24, 2.45) is 0 Å². The van der Waals surface area contributed by atoms with E-state index < -0.39 is 0 Å². The van der Waals surface area contributed by atoms with Crippen LogP contribution in [0, 0.1) is 0 Å². The van der Waals surface area contributed by atoms with Crippen LogP contribution >= 0.6 is 38.9 Å². The van der Waals surface area contributed by atoms with Crippen LogP contribution in [0.2, 0.25) is 5.02 Å². The van der Waals surface area contributed by atoms with Gasteiger partial charge in [-0.05, 0) is 34.0 Å². The molecule has 0 amide bonds. The third-order valence-electron chi connectivity index (χ3n) is 2.49. The molecule has 0 radical (unpaired) electrons. The maximum atomic E-state index is 12.1. The van der Waals surface area contributed by atoms with E-state index in [0.29, 0.717) is 15.5 Å². The Morgan fingerprint density at radius 2 is 2.00 bits per heavy atom. The Hall–Kier alpha value is -0.640. The number of rotatable bonds is 3. The molecular weight excluding hydrogens is 320 g/mol. The van der Waals surface area contributed by atoms with E-state index in [-0.39, 0.29) is 5.78 Å². The van der Waals surface area contributed by atoms with E-state index in [9.17, 15) is 4.79 Å². The minimum atomic E-state index is 0.0188. The van der Waals surface area contributed by atoms with Crippen molar-refractivity contribution in [3.05, 3.63) is 55.1 Å². The molecule has 4 heteroatoms. The number of hydrogen-bond donors (Lipinski definition) is 0. The lowest BCUT2D eigenvalue weighted by Gasteiger charge is -2.00. The molecule has 1 heterocycles. The molecule has 0 atom stereocenters. The number of benzene rings is 1. The fraction of sp³-hybridized carbons (Fsp3) is 0.154. The SMILES string of the molecule is CCc1ccc(C(=O)c2cc(Cl)c(Br)s2)cc1. The average Bonchev–Trinajstić information content (AvgIpc) is 2.69. The minimum Gasteiger partial charge on any atom is -0.288 e. The number of hydrogen-bond acceptors (Lipinski definition) is 2. The van der Waals surface area contributed by atoms with Crippen molar-refractivity contribution in [3.63, 3.8) is 0 Å². The first kappa shape index (κ1) is 12.8. The number of ketones is 1. The maximum Gasteiger partial charge on any atom is 0.203 e. The molecule has 0 N–H and O–H groups in total. The van der Waals surface area contributed by atoms with Crippen molar-refractivity contribution in [2.45, 2.75) is 13.3 Å². The van der Waals surface area contributed by atoms with Gasteiger partial charge in [0.05, 0.1) is 13.7 Å². The lowest BCUT2D eigenvalue weighted by atomic mass is 10.1. The molecule has 1 aromatic heterocycles. The molecule has 0 aliphatic rings. The first-order valence-corrected chi connectivity index (χ1v) is 7.19. The zero-order valence-corrected chi connectivity index (χ0v) is 12.3. The fourth-order valence-electron chi connectivity index (χ4n) is 1.49. The molecule has 0 unspecified atom stereocenters. The zero-order chi connectivity index (χ0) is 12.4. The summed E-state index contributed by atoms with van der Waals surface area (Å²) in [6.45, 7) is 2.09. The summed E-state index contributed by atoms with van der Waals surface area (Å²) in [7, 11) is 0. The van der Waals surface area contributed by atoms with Crippen molar-refractivity contribution in [1.82, 2.24) is 0 Å². The minimum absolute atomic E-state index is 0.0188. The quantitative estimate of drug-likeness (QED) is 0.728. The summed E-state index contributed by atoms with van der Waals surface area (Å²) in [5.74, 6) is 0.0188. The smallest absolute Gasteiger partial charge is 0.203 e. The number of thiophene rings is 1. The number of carbonyl (C=O) groups excluding carboxylic acids is 1. The summed E-state index contributed by atoms with van der Waals surface area (Å²) < 4.78 is 0.799. The molecule has 0 saturated heterocycles. The Morgan fingerprint density at radius 1 is 1.35 bits per heavy atom. The highest BCUT2D eigenvalue weighted by atomic mass is 79.9. The van der Waals surface area contributed by atoms with E-state index in [2.05, 4.69) is 22.9 Å². The normalized spacial score (nSPS) is 10.5. The Bertz CT molecular complexity index is 526. The lowest BCUT2D eigenvalue weighted by Crippen LogP contribution is -1.98. The van der Waals surface area contributed by atoms with Crippen molar-refractivity contribution < 1.29 is 4.79 Å². The van der Waals surface area contributed by atoms with Crippen molar-refractivity contribution >= 4 is 44.7 Å². The monoisotopic (exact) mass is 328 g/mol. The van der Waals surface area contributed by atoms with Crippen molar-refractivity contribution in [1.29, 1.82) is 0 Å². The summed E-state index contributed by atoms with van der Waals surface area (Å²) in [5, 5.41) is 0.587. The van der Waals surface area contributed by atoms with Gasteiger partial charge in [0.1, 0.15) is 0 Å². The first-order chi connectivity index (χ1) is 8.11. The van der Waals surface area contributed by atoms with Crippen LogP contribution in [0.4, 0.5) is 0 Å². The Kier molecular flexibility index (Phi) is 4.02. The molecule has 88 valence electrons. The highest BCUT2D eigenvalue weighted by Crippen LogP contribution is 2.33. The standard InChI is InChI=1S/C13H10BrClOS/c1-2-8-3-5-9(6-4-8)12(16)11-7-10(15)13(14)17-11/h3-7H,2H2,1H3. The molecular formula is C13H10BrClOS. The second kappa shape index (κ2) is 5.34. The van der Waals surface area contributed by atoms with Crippen LogP contribution < -0.4 is 0 Å². The van der Waals surface area contributed by atoms with E-state index in [1.807, 2.05) is 24.3 Å². The van der Waals surface area contributed by atoms with E-state index in [1.165, 1.54) is 16.9 Å². The van der Waals surface area contributed by atoms with Gasteiger partial charge in [-0.25, -0.2) is 0 Å². The van der Waals surface area contributed by atoms with Crippen molar-refractivity contribution in [3.8, 4) is 0 Å². The van der Waals surface area contributed by atoms with Gasteiger partial charge in [-0.1, -0.05) is 42.8 Å². The predicted octanol–water partition coefficient (Wildman–Crippen LogP) is 4.96. The molecule has 0 fully saturated rings. The van der Waals surface area contributed by atoms with Gasteiger partial charge < -0.3 is 0 Å². The molecule has 2 aromatic rings. The third-order valence-corrected chi connectivity index (χ3v) is 4.97. The van der Waals surface area contributed by atoms with Crippen LogP contribution in [0.15, 0.2) is 34.1 Å². The second-order valence-corrected chi connectivity index (χ2v) is 6.39. The summed E-state index contributed by atoms with van der Waals surface area (Å²) in [6.07, 6.45) is 0.977. The highest BCUT2D eigenvalue weighted by Gasteiger charge is 2.14. The maximum absolute atomic E-state index is 12.1. The van der Waals surface area contributed by atoms with Gasteiger partial charge in [0.25, 0.3) is 0 Å². The lowest BCUT2D eigenvalue weighted by molar-refractivity contribution is 0.104. The van der Waals surface area contributed by atoms with Gasteiger partial charge in [0.2, 0.25) is 5.78 Å². The van der Waals surface area contributed by atoms with E-state index in [1.54, 1.807) is 6.07 Å².